The van der Waals surface area contributed by atoms with Crippen LogP contribution in [0.15, 0.2) is 35.2 Å². The zero-order chi connectivity index (χ0) is 15.2. The highest BCUT2D eigenvalue weighted by molar-refractivity contribution is 7.89. The summed E-state index contributed by atoms with van der Waals surface area (Å²) in [6.07, 6.45) is -1.22. The van der Waals surface area contributed by atoms with Gasteiger partial charge in [-0.3, -0.25) is 9.59 Å². The Hall–Kier alpha value is -1.93. The van der Waals surface area contributed by atoms with Crippen molar-refractivity contribution in [3.8, 4) is 0 Å². The molecule has 0 heterocycles. The molecule has 20 heavy (non-hydrogen) atoms. The van der Waals surface area contributed by atoms with Gasteiger partial charge >= 0.3 is 5.97 Å². The van der Waals surface area contributed by atoms with Crippen molar-refractivity contribution >= 4 is 21.9 Å². The van der Waals surface area contributed by atoms with Crippen molar-refractivity contribution in [1.29, 1.82) is 0 Å². The van der Waals surface area contributed by atoms with Gasteiger partial charge in [-0.1, -0.05) is 18.2 Å². The molecule has 110 valence electrons. The first-order valence-electron chi connectivity index (χ1n) is 5.86. The fourth-order valence-electron chi connectivity index (χ4n) is 1.28. The van der Waals surface area contributed by atoms with Gasteiger partial charge in [0.25, 0.3) is 5.91 Å². The monoisotopic (exact) mass is 300 g/mol. The molecule has 7 nitrogen and oxygen atoms in total. The summed E-state index contributed by atoms with van der Waals surface area (Å²) >= 11 is 0. The van der Waals surface area contributed by atoms with Crippen molar-refractivity contribution in [1.82, 2.24) is 4.72 Å². The van der Waals surface area contributed by atoms with E-state index in [2.05, 4.69) is 9.46 Å². The summed E-state index contributed by atoms with van der Waals surface area (Å²) in [7, 11) is -3.65. The molecule has 0 aliphatic rings. The largest absolute Gasteiger partial charge is 0.453 e. The Morgan fingerprint density at radius 3 is 2.45 bits per heavy atom. The highest BCUT2D eigenvalue weighted by Gasteiger charge is 2.16. The summed E-state index contributed by atoms with van der Waals surface area (Å²) in [6.45, 7) is 1.22. The third-order valence-electron chi connectivity index (χ3n) is 2.38. The number of nitrogens with two attached hydrogens (primary N) is 1. The van der Waals surface area contributed by atoms with Crippen LogP contribution in [0.25, 0.3) is 0 Å². The third-order valence-corrected chi connectivity index (χ3v) is 3.86. The molecule has 8 heteroatoms. The Morgan fingerprint density at radius 1 is 1.30 bits per heavy atom. The molecular weight excluding hydrogens is 284 g/mol. The maximum atomic E-state index is 11.8. The lowest BCUT2D eigenvalue weighted by molar-refractivity contribution is -0.153. The molecule has 0 unspecified atom stereocenters. The molecule has 0 spiro atoms. The van der Waals surface area contributed by atoms with Crippen molar-refractivity contribution in [3.63, 3.8) is 0 Å². The van der Waals surface area contributed by atoms with Crippen LogP contribution in [-0.4, -0.2) is 32.9 Å². The third kappa shape index (κ3) is 4.98. The summed E-state index contributed by atoms with van der Waals surface area (Å²) in [5, 5.41) is 0. The number of primary amides is 1. The molecule has 1 aromatic rings. The summed E-state index contributed by atoms with van der Waals surface area (Å²) in [5.74, 6) is -1.46. The predicted octanol–water partition coefficient (Wildman–Crippen LogP) is -0.228. The van der Waals surface area contributed by atoms with Crippen LogP contribution in [0.4, 0.5) is 0 Å². The molecule has 1 aromatic carbocycles. The van der Waals surface area contributed by atoms with Crippen molar-refractivity contribution < 1.29 is 22.7 Å². The molecule has 1 atom stereocenters. The minimum atomic E-state index is -3.65. The zero-order valence-corrected chi connectivity index (χ0v) is 11.7. The van der Waals surface area contributed by atoms with Gasteiger partial charge in [-0.05, 0) is 19.1 Å². The minimum absolute atomic E-state index is 0.110. The fourth-order valence-corrected chi connectivity index (χ4v) is 2.34. The number of amides is 1. The van der Waals surface area contributed by atoms with Crippen LogP contribution < -0.4 is 10.5 Å². The highest BCUT2D eigenvalue weighted by Crippen LogP contribution is 2.06. The van der Waals surface area contributed by atoms with Gasteiger partial charge in [-0.25, -0.2) is 13.1 Å². The quantitative estimate of drug-likeness (QED) is 0.675. The van der Waals surface area contributed by atoms with Crippen molar-refractivity contribution in [3.05, 3.63) is 30.3 Å². The Bertz CT molecular complexity index is 571. The predicted molar refractivity (Wildman–Crippen MR) is 71.0 cm³/mol. The van der Waals surface area contributed by atoms with Crippen molar-refractivity contribution in [2.24, 2.45) is 5.73 Å². The Balaban J connectivity index is 2.45. The molecule has 0 saturated carbocycles. The van der Waals surface area contributed by atoms with Gasteiger partial charge in [0.1, 0.15) is 0 Å². The summed E-state index contributed by atoms with van der Waals surface area (Å²) in [5.41, 5.74) is 4.93. The lowest BCUT2D eigenvalue weighted by Gasteiger charge is -2.10. The number of carbonyl (C=O) groups excluding carboxylic acids is 2. The number of nitrogens with one attached hydrogen (secondary N) is 1. The van der Waals surface area contributed by atoms with E-state index in [0.717, 1.165) is 0 Å². The number of carbonyl (C=O) groups is 2. The summed E-state index contributed by atoms with van der Waals surface area (Å²) < 4.78 is 30.6. The van der Waals surface area contributed by atoms with E-state index in [1.54, 1.807) is 18.2 Å². The van der Waals surface area contributed by atoms with Gasteiger partial charge in [-0.15, -0.1) is 0 Å². The number of rotatable bonds is 7. The van der Waals surface area contributed by atoms with Crippen LogP contribution in [0.5, 0.6) is 0 Å². The summed E-state index contributed by atoms with van der Waals surface area (Å²) in [4.78, 5) is 22.1. The minimum Gasteiger partial charge on any atom is -0.453 e. The number of sulfonamides is 1. The number of hydrogen-bond acceptors (Lipinski definition) is 5. The Kier molecular flexibility index (Phi) is 5.66. The van der Waals surface area contributed by atoms with Crippen molar-refractivity contribution in [2.75, 3.05) is 6.54 Å². The second-order valence-electron chi connectivity index (χ2n) is 4.00. The topological polar surface area (TPSA) is 116 Å². The molecule has 3 N–H and O–H groups in total. The average molecular weight is 300 g/mol. The van der Waals surface area contributed by atoms with Gasteiger partial charge in [0.15, 0.2) is 6.10 Å². The number of ether oxygens (including phenoxy) is 1. The van der Waals surface area contributed by atoms with Gasteiger partial charge in [0, 0.05) is 6.54 Å². The van der Waals surface area contributed by atoms with Crippen LogP contribution >= 0.6 is 0 Å². The molecular formula is C12H16N2O5S. The van der Waals surface area contributed by atoms with E-state index in [-0.39, 0.29) is 17.9 Å². The van der Waals surface area contributed by atoms with Crippen LogP contribution in [-0.2, 0) is 24.3 Å². The maximum absolute atomic E-state index is 11.8. The lowest BCUT2D eigenvalue weighted by atomic mass is 10.4. The fraction of sp³-hybridized carbons (Fsp3) is 0.333. The molecule has 1 rings (SSSR count). The van der Waals surface area contributed by atoms with E-state index in [1.807, 2.05) is 0 Å². The van der Waals surface area contributed by atoms with E-state index in [9.17, 15) is 18.0 Å². The van der Waals surface area contributed by atoms with Gasteiger partial charge in [-0.2, -0.15) is 0 Å². The first-order valence-corrected chi connectivity index (χ1v) is 7.35. The van der Waals surface area contributed by atoms with E-state index in [0.29, 0.717) is 0 Å². The summed E-state index contributed by atoms with van der Waals surface area (Å²) in [6, 6.07) is 7.77. The second kappa shape index (κ2) is 7.01. The lowest BCUT2D eigenvalue weighted by Crippen LogP contribution is -2.32. The Labute approximate surface area is 117 Å². The standard InChI is InChI=1S/C12H16N2O5S/c1-9(12(13)16)19-11(15)7-8-14-20(17,18)10-5-3-2-4-6-10/h2-6,9,14H,7-8H2,1H3,(H2,13,16)/t9-/m1/s1. The van der Waals surface area contributed by atoms with E-state index < -0.39 is 28.0 Å². The van der Waals surface area contributed by atoms with E-state index in [4.69, 9.17) is 5.73 Å². The SMILES string of the molecule is C[C@@H](OC(=O)CCNS(=O)(=O)c1ccccc1)C(N)=O. The molecule has 1 amide bonds. The number of hydrogen-bond donors (Lipinski definition) is 2. The molecule has 0 saturated heterocycles. The first kappa shape index (κ1) is 16.1. The van der Waals surface area contributed by atoms with Crippen LogP contribution in [0.2, 0.25) is 0 Å². The smallest absolute Gasteiger partial charge is 0.307 e. The number of esters is 1. The molecule has 0 fully saturated rings. The molecule has 0 aromatic heterocycles. The van der Waals surface area contributed by atoms with Gasteiger partial charge in [0.05, 0.1) is 11.3 Å². The Morgan fingerprint density at radius 2 is 1.90 bits per heavy atom. The average Bonchev–Trinajstić information content (AvgIpc) is 2.39. The molecule has 0 aliphatic carbocycles. The van der Waals surface area contributed by atoms with Crippen LogP contribution in [0.3, 0.4) is 0 Å². The maximum Gasteiger partial charge on any atom is 0.307 e. The number of benzene rings is 1. The molecule has 0 bridgehead atoms. The van der Waals surface area contributed by atoms with Crippen molar-refractivity contribution in [2.45, 2.75) is 24.3 Å². The van der Waals surface area contributed by atoms with Crippen LogP contribution in [0, 0.1) is 0 Å². The zero-order valence-electron chi connectivity index (χ0n) is 10.9. The van der Waals surface area contributed by atoms with Crippen LogP contribution in [0.1, 0.15) is 13.3 Å². The highest BCUT2D eigenvalue weighted by atomic mass is 32.2. The van der Waals surface area contributed by atoms with E-state index in [1.165, 1.54) is 19.1 Å². The van der Waals surface area contributed by atoms with E-state index >= 15 is 0 Å². The first-order chi connectivity index (χ1) is 9.33. The van der Waals surface area contributed by atoms with Gasteiger partial charge in [0.2, 0.25) is 10.0 Å². The normalized spacial score (nSPS) is 12.7. The second-order valence-corrected chi connectivity index (χ2v) is 5.76. The van der Waals surface area contributed by atoms with Gasteiger partial charge < -0.3 is 10.5 Å². The molecule has 0 aliphatic heterocycles. The molecule has 0 radical (unpaired) electrons.